The fraction of sp³-hybridized carbons (Fsp3) is 0.588. The molecular weight excluding hydrogens is 576 g/mol. The van der Waals surface area contributed by atoms with E-state index in [1.54, 1.807) is 13.3 Å². The highest BCUT2D eigenvalue weighted by atomic mass is 16.5. The molecule has 1 aromatic carbocycles. The molecule has 0 radical (unpaired) electrons. The Balaban J connectivity index is 1.42. The van der Waals surface area contributed by atoms with Gasteiger partial charge in [0.2, 0.25) is 5.91 Å². The van der Waals surface area contributed by atoms with E-state index in [1.807, 2.05) is 22.7 Å². The van der Waals surface area contributed by atoms with Gasteiger partial charge in [0.1, 0.15) is 35.3 Å². The first-order valence-corrected chi connectivity index (χ1v) is 16.1. The number of ether oxygens (including phenoxy) is 4. The van der Waals surface area contributed by atoms with Gasteiger partial charge in [0.05, 0.1) is 32.9 Å². The monoisotopic (exact) mass is 620 g/mol. The van der Waals surface area contributed by atoms with Gasteiger partial charge >= 0.3 is 12.1 Å². The van der Waals surface area contributed by atoms with Crippen molar-refractivity contribution in [2.75, 3.05) is 27.4 Å². The van der Waals surface area contributed by atoms with Crippen LogP contribution in [-0.4, -0.2) is 77.8 Å². The molecule has 1 saturated carbocycles. The molecule has 0 unspecified atom stereocenters. The molecule has 2 aliphatic heterocycles. The Morgan fingerprint density at radius 2 is 1.89 bits per heavy atom. The zero-order chi connectivity index (χ0) is 31.7. The number of carbonyl (C=O) groups is 3. The third-order valence-corrected chi connectivity index (χ3v) is 9.72. The first-order valence-electron chi connectivity index (χ1n) is 16.1. The minimum Gasteiger partial charge on any atom is -0.496 e. The number of cyclic esters (lactones) is 1. The predicted octanol–water partition coefficient (Wildman–Crippen LogP) is 5.06. The van der Waals surface area contributed by atoms with Gasteiger partial charge in [0, 0.05) is 36.3 Å². The van der Waals surface area contributed by atoms with E-state index in [0.29, 0.717) is 11.4 Å². The van der Waals surface area contributed by atoms with Crippen molar-refractivity contribution in [3.8, 4) is 11.5 Å². The van der Waals surface area contributed by atoms with Gasteiger partial charge in [-0.3, -0.25) is 9.20 Å². The van der Waals surface area contributed by atoms with Crippen LogP contribution in [0.4, 0.5) is 4.79 Å². The summed E-state index contributed by atoms with van der Waals surface area (Å²) in [5.41, 5.74) is 2.36. The second-order valence-electron chi connectivity index (χ2n) is 13.5. The van der Waals surface area contributed by atoms with Crippen molar-refractivity contribution in [1.82, 2.24) is 19.6 Å². The van der Waals surface area contributed by atoms with Crippen LogP contribution in [-0.2, 0) is 25.5 Å². The highest BCUT2D eigenvalue weighted by molar-refractivity contribution is 5.92. The quantitative estimate of drug-likeness (QED) is 0.404. The Bertz CT molecular complexity index is 1580. The Kier molecular flexibility index (Phi) is 8.79. The van der Waals surface area contributed by atoms with Gasteiger partial charge in [-0.15, -0.1) is 0 Å². The fourth-order valence-electron chi connectivity index (χ4n) is 7.27. The predicted molar refractivity (Wildman–Crippen MR) is 167 cm³/mol. The molecule has 0 spiro atoms. The number of alkyl carbamates (subject to hydrolysis) is 1. The number of hydrogen-bond acceptors (Lipinski definition) is 8. The minimum atomic E-state index is -0.838. The van der Waals surface area contributed by atoms with Gasteiger partial charge in [-0.1, -0.05) is 33.1 Å². The summed E-state index contributed by atoms with van der Waals surface area (Å²) in [6, 6.07) is 4.38. The molecule has 1 N–H and O–H groups in total. The summed E-state index contributed by atoms with van der Waals surface area (Å²) in [5, 5.41) is 3.81. The van der Waals surface area contributed by atoms with Gasteiger partial charge in [-0.05, 0) is 55.1 Å². The molecule has 4 bridgehead atoms. The zero-order valence-electron chi connectivity index (χ0n) is 26.7. The van der Waals surface area contributed by atoms with Crippen molar-refractivity contribution < 1.29 is 33.3 Å². The van der Waals surface area contributed by atoms with E-state index in [4.69, 9.17) is 18.9 Å². The number of carbonyl (C=O) groups excluding carboxylic acids is 3. The molecule has 2 fully saturated rings. The van der Waals surface area contributed by atoms with Crippen molar-refractivity contribution >= 4 is 34.5 Å². The molecule has 2 amide bonds. The van der Waals surface area contributed by atoms with E-state index in [1.165, 1.54) is 12.0 Å². The lowest BCUT2D eigenvalue weighted by atomic mass is 9.83. The van der Waals surface area contributed by atoms with E-state index in [2.05, 4.69) is 30.2 Å². The maximum absolute atomic E-state index is 14.3. The van der Waals surface area contributed by atoms with E-state index in [-0.39, 0.29) is 36.8 Å². The number of hydrogen-bond donors (Lipinski definition) is 1. The molecule has 1 saturated heterocycles. The van der Waals surface area contributed by atoms with E-state index >= 15 is 0 Å². The Morgan fingerprint density at radius 1 is 1.09 bits per heavy atom. The second kappa shape index (κ2) is 12.8. The van der Waals surface area contributed by atoms with E-state index in [9.17, 15) is 14.4 Å². The number of aryl methyl sites for hydroxylation is 1. The number of rotatable bonds is 3. The van der Waals surface area contributed by atoms with Crippen molar-refractivity contribution in [1.29, 1.82) is 0 Å². The maximum Gasteiger partial charge on any atom is 0.407 e. The topological polar surface area (TPSA) is 121 Å². The lowest BCUT2D eigenvalue weighted by molar-refractivity contribution is -0.152. The van der Waals surface area contributed by atoms with Crippen molar-refractivity contribution in [3.63, 3.8) is 0 Å². The van der Waals surface area contributed by atoms with Gasteiger partial charge in [-0.25, -0.2) is 14.6 Å². The standard InChI is InChI=1S/C34H44N4O7/c1-34(2)12-8-11-22-15-24-25(17-27(22)42-3)37-14-13-35-29(37)18-28(24)45-23-16-26(32(40)43-4)38(19-23)31(39)30(36-33(41)44-20-34)21-9-6-5-7-10-21/h13-15,17-18,21,23,26,30H,5-12,16,19-20H2,1-4H3,(H,36,41)/t23-,26+,30+/m1/s1. The van der Waals surface area contributed by atoms with Gasteiger partial charge < -0.3 is 29.2 Å². The van der Waals surface area contributed by atoms with Crippen molar-refractivity contribution in [2.24, 2.45) is 11.3 Å². The van der Waals surface area contributed by atoms with Crippen LogP contribution in [0.25, 0.3) is 16.6 Å². The Labute approximate surface area is 263 Å². The molecule has 11 nitrogen and oxygen atoms in total. The molecule has 3 aromatic rings. The van der Waals surface area contributed by atoms with E-state index in [0.717, 1.165) is 73.6 Å². The number of esters is 1. The van der Waals surface area contributed by atoms with Crippen LogP contribution < -0.4 is 14.8 Å². The number of nitrogens with zero attached hydrogens (tertiary/aromatic N) is 3. The molecule has 11 heteroatoms. The number of aromatic nitrogens is 2. The molecule has 2 aromatic heterocycles. The Morgan fingerprint density at radius 3 is 2.64 bits per heavy atom. The average molecular weight is 621 g/mol. The zero-order valence-corrected chi connectivity index (χ0v) is 26.7. The number of imidazole rings is 1. The lowest BCUT2D eigenvalue weighted by Crippen LogP contribution is -2.55. The van der Waals surface area contributed by atoms with Crippen LogP contribution in [0.5, 0.6) is 11.5 Å². The minimum absolute atomic E-state index is 0.0455. The largest absolute Gasteiger partial charge is 0.496 e. The summed E-state index contributed by atoms with van der Waals surface area (Å²) in [4.78, 5) is 46.6. The highest BCUT2D eigenvalue weighted by Gasteiger charge is 2.46. The highest BCUT2D eigenvalue weighted by Crippen LogP contribution is 2.37. The summed E-state index contributed by atoms with van der Waals surface area (Å²) in [6.07, 6.45) is 9.96. The molecule has 4 heterocycles. The summed E-state index contributed by atoms with van der Waals surface area (Å²) in [7, 11) is 2.99. The summed E-state index contributed by atoms with van der Waals surface area (Å²) in [6.45, 7) is 4.54. The third-order valence-electron chi connectivity index (χ3n) is 9.72. The van der Waals surface area contributed by atoms with Crippen molar-refractivity contribution in [2.45, 2.75) is 89.8 Å². The third kappa shape index (κ3) is 6.39. The van der Waals surface area contributed by atoms with Crippen molar-refractivity contribution in [3.05, 3.63) is 36.2 Å². The molecule has 242 valence electrons. The number of methoxy groups -OCH3 is 2. The second-order valence-corrected chi connectivity index (χ2v) is 13.5. The molecule has 45 heavy (non-hydrogen) atoms. The normalized spacial score (nSPS) is 24.9. The summed E-state index contributed by atoms with van der Waals surface area (Å²) < 4.78 is 25.4. The van der Waals surface area contributed by atoms with E-state index < -0.39 is 30.3 Å². The van der Waals surface area contributed by atoms with Gasteiger partial charge in [0.25, 0.3) is 0 Å². The van der Waals surface area contributed by atoms with Crippen LogP contribution in [0, 0.1) is 11.3 Å². The van der Waals surface area contributed by atoms with Crippen LogP contribution in [0.3, 0.4) is 0 Å². The number of pyridine rings is 1. The molecule has 3 aliphatic rings. The number of amides is 2. The summed E-state index contributed by atoms with van der Waals surface area (Å²) in [5.74, 6) is 0.543. The molecule has 6 rings (SSSR count). The smallest absolute Gasteiger partial charge is 0.407 e. The van der Waals surface area contributed by atoms with Crippen LogP contribution in [0.15, 0.2) is 30.6 Å². The first-order chi connectivity index (χ1) is 21.7. The van der Waals surface area contributed by atoms with Gasteiger partial charge in [-0.2, -0.15) is 0 Å². The molecular formula is C34H44N4O7. The van der Waals surface area contributed by atoms with Gasteiger partial charge in [0.15, 0.2) is 0 Å². The summed E-state index contributed by atoms with van der Waals surface area (Å²) >= 11 is 0. The average Bonchev–Trinajstić information content (AvgIpc) is 3.69. The SMILES string of the molecule is COC(=O)[C@@H]1C[C@@H]2CN1C(=O)[C@H](C1CCCCC1)NC(=O)OCC(C)(C)CCCc1cc3c(cc4nccn4c3cc1OC)O2. The molecule has 1 aliphatic carbocycles. The number of benzene rings is 1. The maximum atomic E-state index is 14.3. The first kappa shape index (κ1) is 31.0. The fourth-order valence-corrected chi connectivity index (χ4v) is 7.27. The van der Waals surface area contributed by atoms with Crippen LogP contribution in [0.2, 0.25) is 0 Å². The number of fused-ring (bicyclic) bond motifs is 5. The lowest BCUT2D eigenvalue weighted by Gasteiger charge is -2.34. The van der Waals surface area contributed by atoms with Crippen LogP contribution >= 0.6 is 0 Å². The van der Waals surface area contributed by atoms with Crippen LogP contribution in [0.1, 0.15) is 70.8 Å². The Hall–Kier alpha value is -4.02. The number of nitrogens with one attached hydrogen (secondary N) is 1. The molecule has 3 atom stereocenters.